The van der Waals surface area contributed by atoms with Crippen LogP contribution in [0.2, 0.25) is 0 Å². The van der Waals surface area contributed by atoms with Crippen LogP contribution in [0.5, 0.6) is 11.5 Å². The maximum atomic E-state index is 13.5. The number of hydrogen-bond acceptors (Lipinski definition) is 5. The molecule has 0 saturated heterocycles. The lowest BCUT2D eigenvalue weighted by atomic mass is 9.97. The number of likely N-dealkylation sites (N-methyl/N-ethyl adjacent to an activating group) is 1. The van der Waals surface area contributed by atoms with Gasteiger partial charge in [0.05, 0.1) is 11.1 Å². The minimum atomic E-state index is -0.176. The Labute approximate surface area is 210 Å². The molecular formula is C28H30N4O4. The molecule has 0 spiro atoms. The van der Waals surface area contributed by atoms with E-state index in [0.29, 0.717) is 34.9 Å². The Morgan fingerprint density at radius 1 is 1.11 bits per heavy atom. The normalized spacial score (nSPS) is 14.9. The molecule has 36 heavy (non-hydrogen) atoms. The number of H-pyrrole nitrogens is 1. The molecule has 3 N–H and O–H groups in total. The van der Waals surface area contributed by atoms with Gasteiger partial charge in [-0.05, 0) is 49.9 Å². The average Bonchev–Trinajstić information content (AvgIpc) is 3.57. The Kier molecular flexibility index (Phi) is 6.52. The van der Waals surface area contributed by atoms with E-state index < -0.39 is 0 Å². The molecule has 2 amide bonds. The topological polar surface area (TPSA) is 95.7 Å². The fourth-order valence-electron chi connectivity index (χ4n) is 4.78. The van der Waals surface area contributed by atoms with Gasteiger partial charge in [-0.15, -0.1) is 0 Å². The first-order chi connectivity index (χ1) is 17.5. The van der Waals surface area contributed by atoms with Gasteiger partial charge in [0, 0.05) is 41.3 Å². The molecule has 0 fully saturated rings. The number of nitrogens with zero attached hydrogens (tertiary/aromatic N) is 1. The van der Waals surface area contributed by atoms with E-state index in [1.54, 1.807) is 0 Å². The van der Waals surface area contributed by atoms with E-state index in [1.807, 2.05) is 55.5 Å². The zero-order chi connectivity index (χ0) is 25.2. The van der Waals surface area contributed by atoms with Crippen molar-refractivity contribution >= 4 is 29.2 Å². The Bertz CT molecular complexity index is 1350. The molecule has 2 aromatic carbocycles. The summed E-state index contributed by atoms with van der Waals surface area (Å²) in [6.07, 6.45) is 1.82. The van der Waals surface area contributed by atoms with Gasteiger partial charge in [0.15, 0.2) is 11.5 Å². The van der Waals surface area contributed by atoms with Crippen molar-refractivity contribution in [3.8, 4) is 22.6 Å². The zero-order valence-corrected chi connectivity index (χ0v) is 20.7. The molecular weight excluding hydrogens is 456 g/mol. The highest BCUT2D eigenvalue weighted by Gasteiger charge is 2.27. The minimum absolute atomic E-state index is 0.163. The maximum Gasteiger partial charge on any atom is 0.256 e. The van der Waals surface area contributed by atoms with Crippen molar-refractivity contribution in [1.82, 2.24) is 15.2 Å². The van der Waals surface area contributed by atoms with E-state index in [0.717, 1.165) is 47.7 Å². The van der Waals surface area contributed by atoms with Crippen LogP contribution >= 0.6 is 0 Å². The number of hydrogen-bond donors (Lipinski definition) is 3. The molecule has 2 aliphatic rings. The summed E-state index contributed by atoms with van der Waals surface area (Å²) < 4.78 is 11.1. The van der Waals surface area contributed by atoms with Gasteiger partial charge >= 0.3 is 0 Å². The van der Waals surface area contributed by atoms with Gasteiger partial charge < -0.3 is 30.0 Å². The molecule has 0 aliphatic carbocycles. The lowest BCUT2D eigenvalue weighted by Gasteiger charge is -2.18. The Morgan fingerprint density at radius 2 is 1.89 bits per heavy atom. The number of nitrogens with one attached hydrogen (secondary N) is 3. The standard InChI is InChI=1S/C28H30N4O4/c1-4-32(5-2)13-12-29-28(34)25-17(3)30-22(15-20-19-8-6-7-9-21(19)31-27(20)33)26(25)18-10-11-23-24(14-18)36-16-35-23/h6-11,14-15,30H,4-5,12-13,16H2,1-3H3,(H,29,34)(H,31,33)/b20-15-. The quantitative estimate of drug-likeness (QED) is 0.413. The molecule has 8 nitrogen and oxygen atoms in total. The first-order valence-corrected chi connectivity index (χ1v) is 12.3. The van der Waals surface area contributed by atoms with Crippen LogP contribution in [0.4, 0.5) is 5.69 Å². The van der Waals surface area contributed by atoms with Crippen LogP contribution in [0.3, 0.4) is 0 Å². The number of fused-ring (bicyclic) bond motifs is 2. The molecule has 0 bridgehead atoms. The van der Waals surface area contributed by atoms with Crippen LogP contribution in [0.25, 0.3) is 22.8 Å². The summed E-state index contributed by atoms with van der Waals surface area (Å²) in [4.78, 5) is 31.9. The number of amides is 2. The van der Waals surface area contributed by atoms with E-state index in [4.69, 9.17) is 9.47 Å². The van der Waals surface area contributed by atoms with Crippen LogP contribution in [-0.2, 0) is 4.79 Å². The third kappa shape index (κ3) is 4.35. The first kappa shape index (κ1) is 23.7. The van der Waals surface area contributed by atoms with Gasteiger partial charge in [0.25, 0.3) is 11.8 Å². The van der Waals surface area contributed by atoms with Gasteiger partial charge in [-0.25, -0.2) is 0 Å². The summed E-state index contributed by atoms with van der Waals surface area (Å²) in [6, 6.07) is 13.2. The van der Waals surface area contributed by atoms with Gasteiger partial charge in [0.1, 0.15) is 0 Å². The first-order valence-electron chi connectivity index (χ1n) is 12.3. The number of aromatic nitrogens is 1. The van der Waals surface area contributed by atoms with Crippen LogP contribution in [0, 0.1) is 6.92 Å². The van der Waals surface area contributed by atoms with Crippen LogP contribution in [0.15, 0.2) is 42.5 Å². The number of anilines is 1. The lowest BCUT2D eigenvalue weighted by molar-refractivity contribution is -0.110. The number of rotatable bonds is 8. The van der Waals surface area contributed by atoms with E-state index in [9.17, 15) is 9.59 Å². The molecule has 8 heteroatoms. The van der Waals surface area contributed by atoms with E-state index in [1.165, 1.54) is 0 Å². The minimum Gasteiger partial charge on any atom is -0.454 e. The molecule has 2 aliphatic heterocycles. The largest absolute Gasteiger partial charge is 0.454 e. The predicted molar refractivity (Wildman–Crippen MR) is 140 cm³/mol. The second-order valence-corrected chi connectivity index (χ2v) is 8.82. The molecule has 5 rings (SSSR count). The van der Waals surface area contributed by atoms with Crippen molar-refractivity contribution in [2.24, 2.45) is 0 Å². The average molecular weight is 487 g/mol. The van der Waals surface area contributed by atoms with Crippen molar-refractivity contribution in [2.45, 2.75) is 20.8 Å². The molecule has 0 radical (unpaired) electrons. The Hall–Kier alpha value is -4.04. The Morgan fingerprint density at radius 3 is 2.69 bits per heavy atom. The summed E-state index contributed by atoms with van der Waals surface area (Å²) >= 11 is 0. The van der Waals surface area contributed by atoms with Crippen molar-refractivity contribution in [1.29, 1.82) is 0 Å². The van der Waals surface area contributed by atoms with Crippen molar-refractivity contribution < 1.29 is 19.1 Å². The maximum absolute atomic E-state index is 13.5. The summed E-state index contributed by atoms with van der Waals surface area (Å²) in [5, 5.41) is 5.99. The van der Waals surface area contributed by atoms with Gasteiger partial charge in [0.2, 0.25) is 6.79 Å². The highest BCUT2D eigenvalue weighted by Crippen LogP contribution is 2.41. The monoisotopic (exact) mass is 486 g/mol. The molecule has 3 heterocycles. The number of carbonyl (C=O) groups is 2. The molecule has 0 unspecified atom stereocenters. The predicted octanol–water partition coefficient (Wildman–Crippen LogP) is 4.28. The highest BCUT2D eigenvalue weighted by atomic mass is 16.7. The number of carbonyl (C=O) groups excluding carboxylic acids is 2. The fraction of sp³-hybridized carbons (Fsp3) is 0.286. The fourth-order valence-corrected chi connectivity index (χ4v) is 4.78. The molecule has 3 aromatic rings. The second kappa shape index (κ2) is 9.91. The van der Waals surface area contributed by atoms with E-state index in [2.05, 4.69) is 34.4 Å². The molecule has 0 saturated carbocycles. The summed E-state index contributed by atoms with van der Waals surface area (Å²) in [5.74, 6) is 0.955. The Balaban J connectivity index is 1.57. The van der Waals surface area contributed by atoms with Crippen molar-refractivity contribution in [3.63, 3.8) is 0 Å². The lowest BCUT2D eigenvalue weighted by Crippen LogP contribution is -2.35. The third-order valence-corrected chi connectivity index (χ3v) is 6.71. The number of para-hydroxylation sites is 1. The third-order valence-electron chi connectivity index (χ3n) is 6.71. The van der Waals surface area contributed by atoms with Crippen LogP contribution < -0.4 is 20.1 Å². The number of aromatic amines is 1. The van der Waals surface area contributed by atoms with Gasteiger partial charge in [-0.1, -0.05) is 38.1 Å². The number of benzene rings is 2. The molecule has 1 aromatic heterocycles. The van der Waals surface area contributed by atoms with Crippen molar-refractivity contribution in [2.75, 3.05) is 38.3 Å². The van der Waals surface area contributed by atoms with Gasteiger partial charge in [-0.3, -0.25) is 9.59 Å². The van der Waals surface area contributed by atoms with Gasteiger partial charge in [-0.2, -0.15) is 0 Å². The molecule has 0 atom stereocenters. The number of ether oxygens (including phenoxy) is 2. The zero-order valence-electron chi connectivity index (χ0n) is 20.7. The van der Waals surface area contributed by atoms with Crippen LogP contribution in [-0.4, -0.2) is 54.7 Å². The summed E-state index contributed by atoms with van der Waals surface area (Å²) in [6.45, 7) is 9.43. The van der Waals surface area contributed by atoms with E-state index in [-0.39, 0.29) is 18.6 Å². The van der Waals surface area contributed by atoms with Crippen LogP contribution in [0.1, 0.15) is 41.2 Å². The highest BCUT2D eigenvalue weighted by molar-refractivity contribution is 6.35. The molecule has 186 valence electrons. The summed E-state index contributed by atoms with van der Waals surface area (Å²) in [7, 11) is 0. The smallest absolute Gasteiger partial charge is 0.256 e. The van der Waals surface area contributed by atoms with Crippen molar-refractivity contribution in [3.05, 3.63) is 65.0 Å². The summed E-state index contributed by atoms with van der Waals surface area (Å²) in [5.41, 5.74) is 5.62. The van der Waals surface area contributed by atoms with E-state index >= 15 is 0 Å². The SMILES string of the molecule is CCN(CC)CCNC(=O)c1c(C)[nH]c(/C=C2\C(=O)Nc3ccccc32)c1-c1ccc2c(c1)OCO2. The number of aryl methyl sites for hydroxylation is 1. The second-order valence-electron chi connectivity index (χ2n) is 8.82.